The van der Waals surface area contributed by atoms with Crippen LogP contribution >= 0.6 is 46.4 Å². The lowest BCUT2D eigenvalue weighted by molar-refractivity contribution is -0.140. The Labute approximate surface area is 267 Å². The first-order valence-corrected chi connectivity index (χ1v) is 16.4. The van der Waals surface area contributed by atoms with Gasteiger partial charge in [-0.2, -0.15) is 0 Å². The van der Waals surface area contributed by atoms with Crippen LogP contribution in [0, 0.1) is 6.92 Å². The van der Waals surface area contributed by atoms with E-state index in [2.05, 4.69) is 5.32 Å². The maximum absolute atomic E-state index is 14.2. The molecule has 0 aromatic heterocycles. The molecule has 0 aliphatic rings. The van der Waals surface area contributed by atoms with E-state index in [4.69, 9.17) is 46.4 Å². The largest absolute Gasteiger partial charge is 0.354 e. The summed E-state index contributed by atoms with van der Waals surface area (Å²) in [6.07, 6.45) is 1.91. The van der Waals surface area contributed by atoms with Crippen LogP contribution < -0.4 is 9.62 Å². The van der Waals surface area contributed by atoms with Gasteiger partial charge in [-0.3, -0.25) is 13.9 Å². The molecule has 1 N–H and O–H groups in total. The van der Waals surface area contributed by atoms with Gasteiger partial charge in [0, 0.05) is 38.7 Å². The zero-order valence-electron chi connectivity index (χ0n) is 23.5. The summed E-state index contributed by atoms with van der Waals surface area (Å²) in [5.74, 6) is -1.00. The molecule has 3 aromatic carbocycles. The molecule has 12 heteroatoms. The number of halogens is 4. The van der Waals surface area contributed by atoms with E-state index >= 15 is 0 Å². The van der Waals surface area contributed by atoms with Crippen molar-refractivity contribution in [1.29, 1.82) is 0 Å². The molecule has 3 aromatic rings. The average Bonchev–Trinajstić information content (AvgIpc) is 2.92. The van der Waals surface area contributed by atoms with E-state index in [9.17, 15) is 18.0 Å². The van der Waals surface area contributed by atoms with E-state index in [0.29, 0.717) is 22.2 Å². The molecular formula is C30H33Cl4N3O4S. The Kier molecular flexibility index (Phi) is 12.4. The van der Waals surface area contributed by atoms with Crippen molar-refractivity contribution in [2.45, 2.75) is 57.5 Å². The summed E-state index contributed by atoms with van der Waals surface area (Å²) in [7, 11) is -4.28. The minimum atomic E-state index is -4.28. The number of rotatable bonds is 13. The highest BCUT2D eigenvalue weighted by atomic mass is 35.5. The zero-order chi connectivity index (χ0) is 31.0. The van der Waals surface area contributed by atoms with Crippen molar-refractivity contribution in [2.75, 3.05) is 17.4 Å². The van der Waals surface area contributed by atoms with Crippen LogP contribution in [0.2, 0.25) is 20.1 Å². The van der Waals surface area contributed by atoms with Gasteiger partial charge in [0.2, 0.25) is 11.8 Å². The molecule has 0 fully saturated rings. The number of carbonyl (C=O) groups is 2. The molecule has 0 radical (unpaired) electrons. The number of benzene rings is 3. The quantitative estimate of drug-likeness (QED) is 0.190. The fraction of sp³-hybridized carbons (Fsp3) is 0.333. The third-order valence-corrected chi connectivity index (χ3v) is 9.56. The van der Waals surface area contributed by atoms with Gasteiger partial charge in [-0.25, -0.2) is 8.42 Å². The van der Waals surface area contributed by atoms with Crippen molar-refractivity contribution in [3.63, 3.8) is 0 Å². The average molecular weight is 673 g/mol. The van der Waals surface area contributed by atoms with Gasteiger partial charge in [0.25, 0.3) is 10.0 Å². The first-order valence-electron chi connectivity index (χ1n) is 13.4. The number of anilines is 1. The molecule has 0 saturated heterocycles. The first kappa shape index (κ1) is 34.0. The molecule has 0 aliphatic heterocycles. The van der Waals surface area contributed by atoms with Crippen molar-refractivity contribution in [1.82, 2.24) is 10.2 Å². The van der Waals surface area contributed by atoms with Gasteiger partial charge < -0.3 is 10.2 Å². The summed E-state index contributed by atoms with van der Waals surface area (Å²) in [5.41, 5.74) is 1.40. The van der Waals surface area contributed by atoms with Crippen molar-refractivity contribution in [3.05, 3.63) is 91.9 Å². The van der Waals surface area contributed by atoms with Gasteiger partial charge in [0.1, 0.15) is 12.6 Å². The molecule has 0 bridgehead atoms. The normalized spacial score (nSPS) is 12.1. The van der Waals surface area contributed by atoms with E-state index in [1.165, 1.54) is 35.2 Å². The van der Waals surface area contributed by atoms with Crippen LogP contribution in [0.3, 0.4) is 0 Å². The number of unbranched alkanes of at least 4 members (excludes halogenated alkanes) is 1. The van der Waals surface area contributed by atoms with Crippen LogP contribution in [-0.4, -0.2) is 44.3 Å². The highest BCUT2D eigenvalue weighted by Crippen LogP contribution is 2.31. The molecular weight excluding hydrogens is 640 g/mol. The Morgan fingerprint density at radius 2 is 1.50 bits per heavy atom. The van der Waals surface area contributed by atoms with Crippen molar-refractivity contribution < 1.29 is 18.0 Å². The van der Waals surface area contributed by atoms with E-state index in [1.54, 1.807) is 37.3 Å². The van der Waals surface area contributed by atoms with Gasteiger partial charge in [0.05, 0.1) is 10.6 Å². The van der Waals surface area contributed by atoms with Crippen molar-refractivity contribution in [3.8, 4) is 0 Å². The lowest BCUT2D eigenvalue weighted by Gasteiger charge is -2.33. The third kappa shape index (κ3) is 8.54. The number of aryl methyl sites for hydroxylation is 1. The molecule has 1 atom stereocenters. The van der Waals surface area contributed by atoms with E-state index in [-0.39, 0.29) is 39.5 Å². The van der Waals surface area contributed by atoms with E-state index < -0.39 is 28.5 Å². The Morgan fingerprint density at radius 1 is 0.905 bits per heavy atom. The maximum atomic E-state index is 14.2. The monoisotopic (exact) mass is 671 g/mol. The lowest BCUT2D eigenvalue weighted by atomic mass is 10.1. The number of nitrogens with one attached hydrogen (secondary N) is 1. The molecule has 0 unspecified atom stereocenters. The fourth-order valence-electron chi connectivity index (χ4n) is 4.33. The Bertz CT molecular complexity index is 1480. The Hall–Kier alpha value is -2.49. The van der Waals surface area contributed by atoms with Crippen LogP contribution in [-0.2, 0) is 26.2 Å². The lowest BCUT2D eigenvalue weighted by Crippen LogP contribution is -2.52. The molecule has 2 amide bonds. The highest BCUT2D eigenvalue weighted by molar-refractivity contribution is 7.92. The maximum Gasteiger partial charge on any atom is 0.264 e. The molecule has 226 valence electrons. The SMILES string of the molecule is CCCCNC(=O)[C@H](CC)N(Cc1c(Cl)cccc1Cl)C(=O)CN(c1cc(Cl)cc(Cl)c1)S(=O)(=O)c1ccc(C)cc1. The number of amides is 2. The number of hydrogen-bond donors (Lipinski definition) is 1. The van der Waals surface area contributed by atoms with E-state index in [0.717, 1.165) is 22.7 Å². The van der Waals surface area contributed by atoms with E-state index in [1.807, 2.05) is 13.8 Å². The van der Waals surface area contributed by atoms with Gasteiger partial charge in [-0.15, -0.1) is 0 Å². The summed E-state index contributed by atoms with van der Waals surface area (Å²) < 4.78 is 28.9. The summed E-state index contributed by atoms with van der Waals surface area (Å²) in [6.45, 7) is 5.29. The van der Waals surface area contributed by atoms with Crippen LogP contribution in [0.5, 0.6) is 0 Å². The van der Waals surface area contributed by atoms with Gasteiger partial charge in [-0.1, -0.05) is 90.4 Å². The second-order valence-electron chi connectivity index (χ2n) is 9.74. The second-order valence-corrected chi connectivity index (χ2v) is 13.3. The smallest absolute Gasteiger partial charge is 0.264 e. The molecule has 42 heavy (non-hydrogen) atoms. The second kappa shape index (κ2) is 15.3. The Morgan fingerprint density at radius 3 is 2.05 bits per heavy atom. The summed E-state index contributed by atoms with van der Waals surface area (Å²) in [5, 5.41) is 3.89. The fourth-order valence-corrected chi connectivity index (χ4v) is 6.76. The minimum absolute atomic E-state index is 0.0259. The third-order valence-electron chi connectivity index (χ3n) is 6.63. The number of nitrogens with zero attached hydrogens (tertiary/aromatic N) is 2. The molecule has 0 aliphatic carbocycles. The van der Waals surface area contributed by atoms with Gasteiger partial charge >= 0.3 is 0 Å². The first-order chi connectivity index (χ1) is 19.9. The number of carbonyl (C=O) groups excluding carboxylic acids is 2. The van der Waals surface area contributed by atoms with Crippen molar-refractivity contribution in [2.24, 2.45) is 0 Å². The summed E-state index contributed by atoms with van der Waals surface area (Å²) in [6, 6.07) is 14.6. The zero-order valence-corrected chi connectivity index (χ0v) is 27.4. The molecule has 0 spiro atoms. The summed E-state index contributed by atoms with van der Waals surface area (Å²) >= 11 is 25.4. The molecule has 7 nitrogen and oxygen atoms in total. The topological polar surface area (TPSA) is 86.8 Å². The van der Waals surface area contributed by atoms with Crippen LogP contribution in [0.25, 0.3) is 0 Å². The van der Waals surface area contributed by atoms with Gasteiger partial charge in [0.15, 0.2) is 0 Å². The highest BCUT2D eigenvalue weighted by Gasteiger charge is 2.34. The summed E-state index contributed by atoms with van der Waals surface area (Å²) in [4.78, 5) is 28.8. The molecule has 0 saturated carbocycles. The molecule has 0 heterocycles. The van der Waals surface area contributed by atoms with Crippen LogP contribution in [0.4, 0.5) is 5.69 Å². The minimum Gasteiger partial charge on any atom is -0.354 e. The predicted molar refractivity (Wildman–Crippen MR) is 171 cm³/mol. The Balaban J connectivity index is 2.11. The van der Waals surface area contributed by atoms with Crippen molar-refractivity contribution >= 4 is 73.9 Å². The standard InChI is InChI=1S/C30H33Cl4N3O4S/c1-4-6-14-35-30(39)28(5-2)36(18-25-26(33)8-7-9-27(25)34)29(38)19-37(23-16-21(31)15-22(32)17-23)42(40,41)24-12-10-20(3)11-13-24/h7-13,15-17,28H,4-6,14,18-19H2,1-3H3,(H,35,39)/t28-/m0/s1. The van der Waals surface area contributed by atoms with Gasteiger partial charge in [-0.05, 0) is 62.2 Å². The number of hydrogen-bond acceptors (Lipinski definition) is 4. The number of sulfonamides is 1. The van der Waals surface area contributed by atoms with Crippen LogP contribution in [0.15, 0.2) is 65.6 Å². The predicted octanol–water partition coefficient (Wildman–Crippen LogP) is 7.53. The molecule has 3 rings (SSSR count). The van der Waals surface area contributed by atoms with Crippen LogP contribution in [0.1, 0.15) is 44.2 Å².